The molecule has 0 amide bonds. The van der Waals surface area contributed by atoms with Gasteiger partial charge in [-0.25, -0.2) is 4.79 Å². The van der Waals surface area contributed by atoms with Crippen LogP contribution in [0.4, 0.5) is 0 Å². The van der Waals surface area contributed by atoms with E-state index in [2.05, 4.69) is 0 Å². The zero-order chi connectivity index (χ0) is 19.0. The Balaban J connectivity index is 1.61. The lowest BCUT2D eigenvalue weighted by molar-refractivity contribution is -0.147. The summed E-state index contributed by atoms with van der Waals surface area (Å²) in [6.07, 6.45) is 1.76. The van der Waals surface area contributed by atoms with Crippen molar-refractivity contribution in [3.8, 4) is 5.75 Å². The normalized spacial score (nSPS) is 21.7. The minimum absolute atomic E-state index is 0.230. The van der Waals surface area contributed by atoms with E-state index in [0.29, 0.717) is 22.8 Å². The van der Waals surface area contributed by atoms with Gasteiger partial charge in [0, 0.05) is 11.4 Å². The van der Waals surface area contributed by atoms with Crippen LogP contribution < -0.4 is 4.74 Å². The van der Waals surface area contributed by atoms with Crippen LogP contribution in [0.5, 0.6) is 5.75 Å². The van der Waals surface area contributed by atoms with Gasteiger partial charge in [-0.15, -0.1) is 0 Å². The Morgan fingerprint density at radius 2 is 1.67 bits per heavy atom. The number of carbonyl (C=O) groups excluding carboxylic acids is 1. The number of carbonyl (C=O) groups is 1. The molecule has 4 rings (SSSR count). The number of ether oxygens (including phenoxy) is 3. The molecule has 0 aromatic heterocycles. The first kappa shape index (κ1) is 17.7. The summed E-state index contributed by atoms with van der Waals surface area (Å²) in [6, 6.07) is 15.1. The van der Waals surface area contributed by atoms with Gasteiger partial charge in [-0.05, 0) is 54.0 Å². The zero-order valence-electron chi connectivity index (χ0n) is 15.1. The number of methoxy groups -OCH3 is 1. The third-order valence-corrected chi connectivity index (χ3v) is 5.10. The van der Waals surface area contributed by atoms with Crippen molar-refractivity contribution in [3.05, 3.63) is 87.7 Å². The highest BCUT2D eigenvalue weighted by molar-refractivity contribution is 6.30. The summed E-state index contributed by atoms with van der Waals surface area (Å²) in [5, 5.41) is 0.646. The number of benzene rings is 2. The van der Waals surface area contributed by atoms with Gasteiger partial charge in [0.15, 0.2) is 0 Å². The molecule has 0 spiro atoms. The Morgan fingerprint density at radius 3 is 2.33 bits per heavy atom. The number of rotatable bonds is 3. The van der Waals surface area contributed by atoms with Gasteiger partial charge in [0.25, 0.3) is 0 Å². The quantitative estimate of drug-likeness (QED) is 0.675. The van der Waals surface area contributed by atoms with Crippen LogP contribution in [-0.2, 0) is 14.3 Å². The van der Waals surface area contributed by atoms with E-state index < -0.39 is 0 Å². The van der Waals surface area contributed by atoms with Crippen molar-refractivity contribution in [2.24, 2.45) is 0 Å². The third kappa shape index (κ3) is 3.45. The van der Waals surface area contributed by atoms with Crippen LogP contribution in [-0.4, -0.2) is 13.1 Å². The minimum atomic E-state index is -0.378. The molecule has 0 fully saturated rings. The van der Waals surface area contributed by atoms with Gasteiger partial charge in [0.2, 0.25) is 0 Å². The fraction of sp³-hybridized carbons (Fsp3) is 0.227. The van der Waals surface area contributed by atoms with Crippen LogP contribution in [0, 0.1) is 0 Å². The van der Waals surface area contributed by atoms with E-state index in [9.17, 15) is 4.79 Å². The van der Waals surface area contributed by atoms with Crippen LogP contribution in [0.15, 0.2) is 71.5 Å². The van der Waals surface area contributed by atoms with E-state index in [1.807, 2.05) is 49.4 Å². The smallest absolute Gasteiger partial charge is 0.342 e. The van der Waals surface area contributed by atoms with Crippen LogP contribution >= 0.6 is 11.6 Å². The molecule has 0 bridgehead atoms. The Kier molecular flexibility index (Phi) is 4.66. The Morgan fingerprint density at radius 1 is 1.00 bits per heavy atom. The Hall–Kier alpha value is -2.72. The van der Waals surface area contributed by atoms with Crippen LogP contribution in [0.25, 0.3) is 0 Å². The maximum Gasteiger partial charge on any atom is 0.342 e. The monoisotopic (exact) mass is 382 g/mol. The first-order valence-corrected chi connectivity index (χ1v) is 9.11. The Labute approximate surface area is 163 Å². The van der Waals surface area contributed by atoms with Gasteiger partial charge in [-0.2, -0.15) is 0 Å². The molecule has 2 heterocycles. The molecule has 2 aromatic rings. The largest absolute Gasteiger partial charge is 0.497 e. The molecule has 0 saturated carbocycles. The molecule has 2 aromatic carbocycles. The SMILES string of the molecule is COc1ccc(C2OC3=C(C=C2C)C(=O)OC(c2ccc(Cl)cc2)C3)cc1. The van der Waals surface area contributed by atoms with Gasteiger partial charge >= 0.3 is 5.97 Å². The molecule has 0 radical (unpaired) electrons. The van der Waals surface area contributed by atoms with Crippen LogP contribution in [0.3, 0.4) is 0 Å². The van der Waals surface area contributed by atoms with Crippen molar-refractivity contribution >= 4 is 17.6 Å². The lowest BCUT2D eigenvalue weighted by Gasteiger charge is -2.33. The molecule has 138 valence electrons. The maximum absolute atomic E-state index is 12.5. The maximum atomic E-state index is 12.5. The first-order chi connectivity index (χ1) is 13.0. The summed E-state index contributed by atoms with van der Waals surface area (Å²) in [5.74, 6) is 1.10. The van der Waals surface area contributed by atoms with Crippen LogP contribution in [0.1, 0.15) is 36.7 Å². The molecule has 2 unspecified atom stereocenters. The molecule has 4 nitrogen and oxygen atoms in total. The molecule has 2 aliphatic rings. The van der Waals surface area contributed by atoms with Gasteiger partial charge in [0.05, 0.1) is 12.7 Å². The van der Waals surface area contributed by atoms with Crippen molar-refractivity contribution in [2.45, 2.75) is 25.6 Å². The lowest BCUT2D eigenvalue weighted by Crippen LogP contribution is -2.25. The molecular weight excluding hydrogens is 364 g/mol. The van der Waals surface area contributed by atoms with E-state index in [1.54, 1.807) is 19.2 Å². The molecule has 0 N–H and O–H groups in total. The lowest BCUT2D eigenvalue weighted by atomic mass is 9.93. The highest BCUT2D eigenvalue weighted by Gasteiger charge is 2.35. The van der Waals surface area contributed by atoms with E-state index in [4.69, 9.17) is 25.8 Å². The first-order valence-electron chi connectivity index (χ1n) is 8.73. The van der Waals surface area contributed by atoms with Gasteiger partial charge in [0.1, 0.15) is 23.7 Å². The second-order valence-corrected chi connectivity index (χ2v) is 7.08. The standard InChI is InChI=1S/C22H19ClO4/c1-13-11-18-20(26-21(13)15-5-9-17(25-2)10-6-15)12-19(27-22(18)24)14-3-7-16(23)8-4-14/h3-11,19,21H,12H2,1-2H3. The summed E-state index contributed by atoms with van der Waals surface area (Å²) in [4.78, 5) is 12.5. The number of hydrogen-bond acceptors (Lipinski definition) is 4. The summed E-state index contributed by atoms with van der Waals surface area (Å²) >= 11 is 5.96. The molecule has 2 atom stereocenters. The van der Waals surface area contributed by atoms with Gasteiger partial charge < -0.3 is 14.2 Å². The highest BCUT2D eigenvalue weighted by atomic mass is 35.5. The van der Waals surface area contributed by atoms with Crippen molar-refractivity contribution in [1.29, 1.82) is 0 Å². The number of esters is 1. The van der Waals surface area contributed by atoms with E-state index in [1.165, 1.54) is 0 Å². The number of hydrogen-bond donors (Lipinski definition) is 0. The number of cyclic esters (lactones) is 1. The fourth-order valence-electron chi connectivity index (χ4n) is 3.39. The van der Waals surface area contributed by atoms with E-state index in [0.717, 1.165) is 22.4 Å². The Bertz CT molecular complexity index is 926. The molecule has 2 aliphatic heterocycles. The van der Waals surface area contributed by atoms with Crippen molar-refractivity contribution in [1.82, 2.24) is 0 Å². The predicted octanol–water partition coefficient (Wildman–Crippen LogP) is 5.31. The molecule has 0 aliphatic carbocycles. The highest BCUT2D eigenvalue weighted by Crippen LogP contribution is 2.42. The summed E-state index contributed by atoms with van der Waals surface area (Å²) in [5.41, 5.74) is 3.37. The molecule has 27 heavy (non-hydrogen) atoms. The van der Waals surface area contributed by atoms with Crippen molar-refractivity contribution in [2.75, 3.05) is 7.11 Å². The van der Waals surface area contributed by atoms with Crippen molar-refractivity contribution in [3.63, 3.8) is 0 Å². The fourth-order valence-corrected chi connectivity index (χ4v) is 3.52. The van der Waals surface area contributed by atoms with E-state index >= 15 is 0 Å². The summed E-state index contributed by atoms with van der Waals surface area (Å²) in [6.45, 7) is 1.96. The minimum Gasteiger partial charge on any atom is -0.497 e. The predicted molar refractivity (Wildman–Crippen MR) is 103 cm³/mol. The average Bonchev–Trinajstić information content (AvgIpc) is 2.69. The zero-order valence-corrected chi connectivity index (χ0v) is 15.8. The van der Waals surface area contributed by atoms with Gasteiger partial charge in [-0.3, -0.25) is 0 Å². The van der Waals surface area contributed by atoms with Gasteiger partial charge in [-0.1, -0.05) is 35.9 Å². The topological polar surface area (TPSA) is 44.8 Å². The molecule has 0 saturated heterocycles. The summed E-state index contributed by atoms with van der Waals surface area (Å²) in [7, 11) is 1.64. The molecular formula is C22H19ClO4. The van der Waals surface area contributed by atoms with E-state index in [-0.39, 0.29) is 18.2 Å². The van der Waals surface area contributed by atoms with Crippen molar-refractivity contribution < 1.29 is 19.0 Å². The number of halogens is 1. The average molecular weight is 383 g/mol. The van der Waals surface area contributed by atoms with Crippen LogP contribution in [0.2, 0.25) is 5.02 Å². The second-order valence-electron chi connectivity index (χ2n) is 6.65. The third-order valence-electron chi connectivity index (χ3n) is 4.85. The molecule has 5 heteroatoms. The summed E-state index contributed by atoms with van der Waals surface area (Å²) < 4.78 is 17.1. The second kappa shape index (κ2) is 7.12.